The molecule has 1 N–H and O–H groups in total. The fourth-order valence-electron chi connectivity index (χ4n) is 1.67. The van der Waals surface area contributed by atoms with E-state index in [9.17, 15) is 4.79 Å². The molecule has 0 spiro atoms. The molecule has 0 saturated carbocycles. The fourth-order valence-corrected chi connectivity index (χ4v) is 1.67. The van der Waals surface area contributed by atoms with Gasteiger partial charge in [-0.25, -0.2) is 0 Å². The molecule has 0 atom stereocenters. The van der Waals surface area contributed by atoms with Crippen LogP contribution in [0.1, 0.15) is 64.7 Å². The molecular formula is C15H28O3. The van der Waals surface area contributed by atoms with Crippen molar-refractivity contribution in [3.05, 3.63) is 12.2 Å². The Bertz CT molecular complexity index is 212. The first-order valence-corrected chi connectivity index (χ1v) is 7.22. The van der Waals surface area contributed by atoms with Gasteiger partial charge in [0, 0.05) is 19.4 Å². The number of unbranched alkanes of at least 4 members (excludes halogenated alkanes) is 5. The molecule has 3 nitrogen and oxygen atoms in total. The summed E-state index contributed by atoms with van der Waals surface area (Å²) in [6.45, 7) is 2.58. The lowest BCUT2D eigenvalue weighted by molar-refractivity contribution is -0.144. The Labute approximate surface area is 111 Å². The third-order valence-corrected chi connectivity index (χ3v) is 2.72. The van der Waals surface area contributed by atoms with Crippen molar-refractivity contribution >= 4 is 5.97 Å². The van der Waals surface area contributed by atoms with Gasteiger partial charge in [0.2, 0.25) is 0 Å². The van der Waals surface area contributed by atoms with Crippen molar-refractivity contribution in [2.45, 2.75) is 64.7 Å². The molecule has 0 aliphatic carbocycles. The molecule has 0 aromatic heterocycles. The van der Waals surface area contributed by atoms with Crippen molar-refractivity contribution in [1.82, 2.24) is 0 Å². The summed E-state index contributed by atoms with van der Waals surface area (Å²) in [5, 5.41) is 8.53. The zero-order valence-corrected chi connectivity index (χ0v) is 11.7. The largest absolute Gasteiger partial charge is 0.466 e. The van der Waals surface area contributed by atoms with Crippen LogP contribution in [0.25, 0.3) is 0 Å². The van der Waals surface area contributed by atoms with Gasteiger partial charge in [0.1, 0.15) is 0 Å². The Balaban J connectivity index is 3.15. The maximum absolute atomic E-state index is 11.2. The number of esters is 1. The summed E-state index contributed by atoms with van der Waals surface area (Å²) in [7, 11) is 0. The highest BCUT2D eigenvalue weighted by molar-refractivity contribution is 5.69. The maximum atomic E-state index is 11.2. The Hall–Kier alpha value is -0.830. The predicted molar refractivity (Wildman–Crippen MR) is 74.4 cm³/mol. The molecule has 0 bridgehead atoms. The van der Waals surface area contributed by atoms with Gasteiger partial charge in [-0.3, -0.25) is 4.79 Å². The third-order valence-electron chi connectivity index (χ3n) is 2.72. The summed E-state index contributed by atoms with van der Waals surface area (Å²) in [5.41, 5.74) is 0. The molecule has 0 saturated heterocycles. The minimum atomic E-state index is -0.130. The molecule has 0 amide bonds. The van der Waals surface area contributed by atoms with Gasteiger partial charge < -0.3 is 9.84 Å². The van der Waals surface area contributed by atoms with E-state index in [0.717, 1.165) is 19.3 Å². The van der Waals surface area contributed by atoms with E-state index in [-0.39, 0.29) is 12.6 Å². The van der Waals surface area contributed by atoms with Gasteiger partial charge >= 0.3 is 5.97 Å². The lowest BCUT2D eigenvalue weighted by Gasteiger charge is -2.03. The zero-order valence-electron chi connectivity index (χ0n) is 11.7. The highest BCUT2D eigenvalue weighted by Crippen LogP contribution is 2.08. The molecule has 0 fully saturated rings. The Morgan fingerprint density at radius 3 is 2.50 bits per heavy atom. The number of carbonyl (C=O) groups excluding carboxylic acids is 1. The molecule has 0 rings (SSSR count). The van der Waals surface area contributed by atoms with E-state index in [1.54, 1.807) is 0 Å². The maximum Gasteiger partial charge on any atom is 0.305 e. The van der Waals surface area contributed by atoms with Crippen LogP contribution in [-0.2, 0) is 9.53 Å². The monoisotopic (exact) mass is 256 g/mol. The minimum Gasteiger partial charge on any atom is -0.466 e. The van der Waals surface area contributed by atoms with Gasteiger partial charge in [-0.1, -0.05) is 38.3 Å². The summed E-state index contributed by atoms with van der Waals surface area (Å²) < 4.78 is 4.95. The van der Waals surface area contributed by atoms with Crippen LogP contribution < -0.4 is 0 Å². The number of hydrogen-bond acceptors (Lipinski definition) is 3. The number of allylic oxidation sites excluding steroid dienone is 2. The van der Waals surface area contributed by atoms with E-state index in [1.807, 2.05) is 0 Å². The van der Waals surface area contributed by atoms with Gasteiger partial charge in [0.05, 0.1) is 6.61 Å². The topological polar surface area (TPSA) is 46.5 Å². The van der Waals surface area contributed by atoms with E-state index in [2.05, 4.69) is 19.1 Å². The SMILES string of the molecule is CC/C=C/CCCCCCCC(=O)OCCCO. The number of aliphatic hydroxyl groups is 1. The third kappa shape index (κ3) is 13.2. The standard InChI is InChI=1S/C15H28O3/c1-2-3-4-5-6-7-8-9-10-12-15(17)18-14-11-13-16/h3-4,16H,2,5-14H2,1H3/b4-3+. The summed E-state index contributed by atoms with van der Waals surface area (Å²) in [4.78, 5) is 11.2. The molecule has 0 aliphatic rings. The summed E-state index contributed by atoms with van der Waals surface area (Å²) in [6, 6.07) is 0. The zero-order chi connectivity index (χ0) is 13.5. The Kier molecular flexibility index (Phi) is 13.6. The number of ether oxygens (including phenoxy) is 1. The molecule has 18 heavy (non-hydrogen) atoms. The van der Waals surface area contributed by atoms with E-state index in [4.69, 9.17) is 9.84 Å². The predicted octanol–water partition coefficient (Wildman–Crippen LogP) is 3.61. The lowest BCUT2D eigenvalue weighted by atomic mass is 10.1. The molecule has 0 aromatic carbocycles. The average Bonchev–Trinajstić information content (AvgIpc) is 2.37. The smallest absolute Gasteiger partial charge is 0.305 e. The van der Waals surface area contributed by atoms with Crippen LogP contribution in [0, 0.1) is 0 Å². The number of aliphatic hydroxyl groups excluding tert-OH is 1. The second kappa shape index (κ2) is 14.2. The number of rotatable bonds is 12. The number of carbonyl (C=O) groups is 1. The van der Waals surface area contributed by atoms with Gasteiger partial charge in [0.15, 0.2) is 0 Å². The van der Waals surface area contributed by atoms with Crippen molar-refractivity contribution in [3.63, 3.8) is 0 Å². The molecule has 0 radical (unpaired) electrons. The molecule has 0 heterocycles. The van der Waals surface area contributed by atoms with E-state index < -0.39 is 0 Å². The molecule has 3 heteroatoms. The Morgan fingerprint density at radius 1 is 1.06 bits per heavy atom. The van der Waals surface area contributed by atoms with Crippen LogP contribution in [0.4, 0.5) is 0 Å². The second-order valence-electron chi connectivity index (χ2n) is 4.48. The highest BCUT2D eigenvalue weighted by atomic mass is 16.5. The fraction of sp³-hybridized carbons (Fsp3) is 0.800. The first-order chi connectivity index (χ1) is 8.81. The van der Waals surface area contributed by atoms with Crippen LogP contribution in [-0.4, -0.2) is 24.3 Å². The van der Waals surface area contributed by atoms with Crippen LogP contribution in [0.2, 0.25) is 0 Å². The molecule has 106 valence electrons. The summed E-state index contributed by atoms with van der Waals surface area (Å²) in [5.74, 6) is -0.130. The van der Waals surface area contributed by atoms with Gasteiger partial charge in [0.25, 0.3) is 0 Å². The van der Waals surface area contributed by atoms with Crippen molar-refractivity contribution in [1.29, 1.82) is 0 Å². The van der Waals surface area contributed by atoms with Gasteiger partial charge in [-0.2, -0.15) is 0 Å². The van der Waals surface area contributed by atoms with E-state index >= 15 is 0 Å². The van der Waals surface area contributed by atoms with E-state index in [0.29, 0.717) is 19.4 Å². The summed E-state index contributed by atoms with van der Waals surface area (Å²) >= 11 is 0. The van der Waals surface area contributed by atoms with Crippen molar-refractivity contribution in [2.75, 3.05) is 13.2 Å². The summed E-state index contributed by atoms with van der Waals surface area (Å²) in [6.07, 6.45) is 13.5. The first kappa shape index (κ1) is 17.2. The van der Waals surface area contributed by atoms with Crippen LogP contribution in [0.5, 0.6) is 0 Å². The van der Waals surface area contributed by atoms with Crippen LogP contribution in [0.3, 0.4) is 0 Å². The van der Waals surface area contributed by atoms with Crippen LogP contribution in [0.15, 0.2) is 12.2 Å². The highest BCUT2D eigenvalue weighted by Gasteiger charge is 2.01. The van der Waals surface area contributed by atoms with Crippen LogP contribution >= 0.6 is 0 Å². The van der Waals surface area contributed by atoms with Crippen molar-refractivity contribution in [2.24, 2.45) is 0 Å². The van der Waals surface area contributed by atoms with Crippen molar-refractivity contribution in [3.8, 4) is 0 Å². The molecule has 0 aliphatic heterocycles. The first-order valence-electron chi connectivity index (χ1n) is 7.22. The molecular weight excluding hydrogens is 228 g/mol. The van der Waals surface area contributed by atoms with Crippen molar-refractivity contribution < 1.29 is 14.6 Å². The minimum absolute atomic E-state index is 0.0831. The molecule has 0 aromatic rings. The van der Waals surface area contributed by atoms with Gasteiger partial charge in [-0.15, -0.1) is 0 Å². The van der Waals surface area contributed by atoms with Gasteiger partial charge in [-0.05, 0) is 25.7 Å². The average molecular weight is 256 g/mol. The second-order valence-corrected chi connectivity index (χ2v) is 4.48. The quantitative estimate of drug-likeness (QED) is 0.329. The Morgan fingerprint density at radius 2 is 1.78 bits per heavy atom. The molecule has 0 unspecified atom stereocenters. The number of hydrogen-bond donors (Lipinski definition) is 1. The van der Waals surface area contributed by atoms with E-state index in [1.165, 1.54) is 25.7 Å². The normalized spacial score (nSPS) is 11.0. The lowest BCUT2D eigenvalue weighted by Crippen LogP contribution is -2.06.